The van der Waals surface area contributed by atoms with Gasteiger partial charge >= 0.3 is 6.03 Å². The molecule has 2 aromatic carbocycles. The van der Waals surface area contributed by atoms with Crippen molar-refractivity contribution < 1.29 is 23.9 Å². The van der Waals surface area contributed by atoms with Crippen LogP contribution in [0, 0.1) is 6.92 Å². The minimum absolute atomic E-state index is 0.0423. The summed E-state index contributed by atoms with van der Waals surface area (Å²) in [5, 5.41) is 5.18. The second-order valence-corrected chi connectivity index (χ2v) is 7.77. The van der Waals surface area contributed by atoms with E-state index in [0.717, 1.165) is 10.5 Å². The zero-order valence-corrected chi connectivity index (χ0v) is 19.2. The first-order chi connectivity index (χ1) is 15.3. The van der Waals surface area contributed by atoms with E-state index in [9.17, 15) is 14.4 Å². The molecule has 8 nitrogen and oxygen atoms in total. The Morgan fingerprint density at radius 2 is 1.94 bits per heavy atom. The van der Waals surface area contributed by atoms with Crippen molar-refractivity contribution >= 4 is 45.5 Å². The largest absolute Gasteiger partial charge is 0.493 e. The molecule has 0 radical (unpaired) electrons. The molecule has 32 heavy (non-hydrogen) atoms. The number of benzene rings is 2. The van der Waals surface area contributed by atoms with E-state index in [-0.39, 0.29) is 5.70 Å². The Balaban J connectivity index is 1.75. The van der Waals surface area contributed by atoms with Gasteiger partial charge in [-0.25, -0.2) is 9.69 Å². The van der Waals surface area contributed by atoms with Crippen LogP contribution in [0.5, 0.6) is 11.5 Å². The summed E-state index contributed by atoms with van der Waals surface area (Å²) in [6.45, 7) is 5.44. The van der Waals surface area contributed by atoms with Gasteiger partial charge in [0, 0.05) is 10.2 Å². The summed E-state index contributed by atoms with van der Waals surface area (Å²) in [7, 11) is 1.50. The smallest absolute Gasteiger partial charge is 0.329 e. The van der Waals surface area contributed by atoms with Crippen LogP contribution in [-0.4, -0.2) is 43.0 Å². The van der Waals surface area contributed by atoms with Crippen molar-refractivity contribution in [3.8, 4) is 11.5 Å². The fourth-order valence-corrected chi connectivity index (χ4v) is 3.37. The van der Waals surface area contributed by atoms with Crippen molar-refractivity contribution in [2.24, 2.45) is 0 Å². The van der Waals surface area contributed by atoms with Gasteiger partial charge in [0.25, 0.3) is 5.91 Å². The average molecular weight is 500 g/mol. The van der Waals surface area contributed by atoms with Gasteiger partial charge in [0.15, 0.2) is 11.5 Å². The molecule has 0 aliphatic carbocycles. The third-order valence-electron chi connectivity index (χ3n) is 4.54. The summed E-state index contributed by atoms with van der Waals surface area (Å²) < 4.78 is 11.5. The Morgan fingerprint density at radius 3 is 2.59 bits per heavy atom. The lowest BCUT2D eigenvalue weighted by Crippen LogP contribution is -2.38. The van der Waals surface area contributed by atoms with E-state index in [4.69, 9.17) is 9.47 Å². The first-order valence-corrected chi connectivity index (χ1v) is 10.4. The highest BCUT2D eigenvalue weighted by Gasteiger charge is 2.35. The van der Waals surface area contributed by atoms with Gasteiger partial charge < -0.3 is 20.1 Å². The third kappa shape index (κ3) is 5.36. The van der Waals surface area contributed by atoms with Crippen LogP contribution in [0.4, 0.5) is 10.5 Å². The molecule has 2 aromatic rings. The molecule has 0 unspecified atom stereocenters. The maximum atomic E-state index is 12.7. The standard InChI is InChI=1S/C23H22BrN3O5/c1-4-9-32-20-12-17(24)15(11-19(20)31-3)10-18-22(29)27(23(30)26-18)13-21(28)25-16-7-5-14(2)6-8-16/h4-8,10-12H,1,9,13H2,2-3H3,(H,25,28)(H,26,30). The number of urea groups is 1. The average Bonchev–Trinajstić information content (AvgIpc) is 3.02. The molecule has 0 atom stereocenters. The Bertz CT molecular complexity index is 1100. The molecule has 4 amide bonds. The van der Waals surface area contributed by atoms with E-state index in [1.807, 2.05) is 19.1 Å². The lowest BCUT2D eigenvalue weighted by Gasteiger charge is -2.12. The van der Waals surface area contributed by atoms with Crippen LogP contribution in [0.2, 0.25) is 0 Å². The van der Waals surface area contributed by atoms with Crippen LogP contribution < -0.4 is 20.1 Å². The number of ether oxygens (including phenoxy) is 2. The second kappa shape index (κ2) is 10.1. The zero-order valence-electron chi connectivity index (χ0n) is 17.6. The zero-order chi connectivity index (χ0) is 23.3. The van der Waals surface area contributed by atoms with Crippen molar-refractivity contribution in [1.82, 2.24) is 10.2 Å². The minimum atomic E-state index is -0.672. The Labute approximate surface area is 194 Å². The van der Waals surface area contributed by atoms with Crippen LogP contribution in [0.15, 0.2) is 59.2 Å². The number of nitrogens with zero attached hydrogens (tertiary/aromatic N) is 1. The summed E-state index contributed by atoms with van der Waals surface area (Å²) in [5.74, 6) is -0.136. The van der Waals surface area contributed by atoms with Gasteiger partial charge in [0.05, 0.1) is 7.11 Å². The highest BCUT2D eigenvalue weighted by atomic mass is 79.9. The van der Waals surface area contributed by atoms with Gasteiger partial charge in [0.2, 0.25) is 5.91 Å². The van der Waals surface area contributed by atoms with Crippen molar-refractivity contribution in [2.45, 2.75) is 6.92 Å². The minimum Gasteiger partial charge on any atom is -0.493 e. The van der Waals surface area contributed by atoms with Crippen molar-refractivity contribution in [3.05, 3.63) is 70.3 Å². The van der Waals surface area contributed by atoms with E-state index in [2.05, 4.69) is 33.1 Å². The maximum Gasteiger partial charge on any atom is 0.329 e. The van der Waals surface area contributed by atoms with E-state index in [1.54, 1.807) is 30.3 Å². The van der Waals surface area contributed by atoms with Gasteiger partial charge in [-0.1, -0.05) is 46.3 Å². The lowest BCUT2D eigenvalue weighted by atomic mass is 10.1. The third-order valence-corrected chi connectivity index (χ3v) is 5.23. The first kappa shape index (κ1) is 23.1. The van der Waals surface area contributed by atoms with E-state index < -0.39 is 24.4 Å². The normalized spacial score (nSPS) is 14.3. The molecule has 1 saturated heterocycles. The molecule has 1 fully saturated rings. The van der Waals surface area contributed by atoms with Gasteiger partial charge in [-0.15, -0.1) is 0 Å². The van der Waals surface area contributed by atoms with E-state index in [0.29, 0.717) is 33.8 Å². The summed E-state index contributed by atoms with van der Waals surface area (Å²) in [6.07, 6.45) is 3.11. The summed E-state index contributed by atoms with van der Waals surface area (Å²) in [4.78, 5) is 38.2. The molecule has 0 bridgehead atoms. The van der Waals surface area contributed by atoms with Gasteiger partial charge in [0.1, 0.15) is 18.8 Å². The van der Waals surface area contributed by atoms with Crippen molar-refractivity contribution in [2.75, 3.05) is 25.6 Å². The Morgan fingerprint density at radius 1 is 1.22 bits per heavy atom. The Kier molecular flexibility index (Phi) is 7.32. The number of rotatable bonds is 8. The molecule has 0 aromatic heterocycles. The lowest BCUT2D eigenvalue weighted by molar-refractivity contribution is -0.127. The highest BCUT2D eigenvalue weighted by Crippen LogP contribution is 2.35. The number of imide groups is 1. The molecule has 1 aliphatic heterocycles. The van der Waals surface area contributed by atoms with Crippen molar-refractivity contribution in [1.29, 1.82) is 0 Å². The number of halogens is 1. The highest BCUT2D eigenvalue weighted by molar-refractivity contribution is 9.10. The number of aryl methyl sites for hydroxylation is 1. The monoisotopic (exact) mass is 499 g/mol. The second-order valence-electron chi connectivity index (χ2n) is 6.92. The number of carbonyl (C=O) groups is 3. The first-order valence-electron chi connectivity index (χ1n) is 9.64. The molecule has 2 N–H and O–H groups in total. The Hall–Kier alpha value is -3.59. The topological polar surface area (TPSA) is 97.0 Å². The number of hydrogen-bond donors (Lipinski definition) is 2. The van der Waals surface area contributed by atoms with Crippen molar-refractivity contribution in [3.63, 3.8) is 0 Å². The summed E-state index contributed by atoms with van der Waals surface area (Å²) in [5.41, 5.74) is 2.26. The number of hydrogen-bond acceptors (Lipinski definition) is 5. The van der Waals surface area contributed by atoms with Crippen LogP contribution in [0.1, 0.15) is 11.1 Å². The van der Waals surface area contributed by atoms with Gasteiger partial charge in [-0.05, 0) is 42.8 Å². The number of nitrogens with one attached hydrogen (secondary N) is 2. The van der Waals surface area contributed by atoms with E-state index in [1.165, 1.54) is 13.2 Å². The summed E-state index contributed by atoms with van der Waals surface area (Å²) >= 11 is 3.43. The predicted octanol–water partition coefficient (Wildman–Crippen LogP) is 3.86. The molecular weight excluding hydrogens is 478 g/mol. The SMILES string of the molecule is C=CCOc1cc(Br)c(C=C2NC(=O)N(CC(=O)Nc3ccc(C)cc3)C2=O)cc1OC. The van der Waals surface area contributed by atoms with Gasteiger partial charge in [-0.2, -0.15) is 0 Å². The van der Waals surface area contributed by atoms with Crippen LogP contribution in [-0.2, 0) is 9.59 Å². The fourth-order valence-electron chi connectivity index (χ4n) is 2.93. The molecular formula is C23H22BrN3O5. The van der Waals surface area contributed by atoms with Gasteiger partial charge in [-0.3, -0.25) is 9.59 Å². The van der Waals surface area contributed by atoms with Crippen LogP contribution in [0.25, 0.3) is 6.08 Å². The fraction of sp³-hybridized carbons (Fsp3) is 0.174. The molecule has 1 aliphatic rings. The molecule has 9 heteroatoms. The molecule has 166 valence electrons. The number of amides is 4. The summed E-state index contributed by atoms with van der Waals surface area (Å²) in [6, 6.07) is 9.89. The molecule has 1 heterocycles. The number of methoxy groups -OCH3 is 1. The van der Waals surface area contributed by atoms with Crippen LogP contribution >= 0.6 is 15.9 Å². The molecule has 0 spiro atoms. The number of anilines is 1. The van der Waals surface area contributed by atoms with Crippen LogP contribution in [0.3, 0.4) is 0 Å². The quantitative estimate of drug-likeness (QED) is 0.326. The molecule has 3 rings (SSSR count). The predicted molar refractivity (Wildman–Crippen MR) is 124 cm³/mol. The maximum absolute atomic E-state index is 12.7. The number of carbonyl (C=O) groups excluding carboxylic acids is 3. The molecule has 0 saturated carbocycles. The van der Waals surface area contributed by atoms with E-state index >= 15 is 0 Å².